The summed E-state index contributed by atoms with van der Waals surface area (Å²) in [6.07, 6.45) is 1.96. The molecule has 0 fully saturated rings. The summed E-state index contributed by atoms with van der Waals surface area (Å²) >= 11 is 5.01. The summed E-state index contributed by atoms with van der Waals surface area (Å²) < 4.78 is 1.80. The van der Waals surface area contributed by atoms with Crippen molar-refractivity contribution < 1.29 is 21.8 Å². The van der Waals surface area contributed by atoms with E-state index >= 15 is 0 Å². The van der Waals surface area contributed by atoms with Gasteiger partial charge < -0.3 is 17.7 Å². The van der Waals surface area contributed by atoms with E-state index in [-0.39, 0.29) is 18.2 Å². The number of nitrogens with one attached hydrogen (secondary N) is 3. The van der Waals surface area contributed by atoms with Crippen LogP contribution >= 0.6 is 12.2 Å². The zero-order chi connectivity index (χ0) is 12.1. The van der Waals surface area contributed by atoms with Crippen LogP contribution in [-0.4, -0.2) is 35.3 Å². The molecule has 1 aliphatic rings. The van der Waals surface area contributed by atoms with Gasteiger partial charge in [-0.1, -0.05) is 0 Å². The molecule has 0 aromatic heterocycles. The SMILES string of the molecule is CCNC(=S)NNC1=C(C)[N+](C)=CC(=O)C1.[Cl-]. The highest BCUT2D eigenvalue weighted by atomic mass is 35.5. The van der Waals surface area contributed by atoms with Crippen LogP contribution in [0.15, 0.2) is 11.4 Å². The zero-order valence-corrected chi connectivity index (χ0v) is 11.7. The standard InChI is InChI=1S/C10H16N4OS.ClH/c1-4-11-10(16)13-12-9-5-8(15)6-14(3)7(9)2;/h6H,4-5H2,1-3H3,(H2,11,15,16);1H. The summed E-state index contributed by atoms with van der Waals surface area (Å²) in [4.78, 5) is 11.4. The number of hydrogen-bond donors (Lipinski definition) is 3. The number of carbonyl (C=O) groups is 1. The monoisotopic (exact) mass is 276 g/mol. The van der Waals surface area contributed by atoms with Crippen molar-refractivity contribution in [3.05, 3.63) is 11.4 Å². The summed E-state index contributed by atoms with van der Waals surface area (Å²) in [7, 11) is 1.84. The Bertz CT molecular complexity index is 379. The fourth-order valence-corrected chi connectivity index (χ4v) is 1.54. The molecule has 17 heavy (non-hydrogen) atoms. The number of allylic oxidation sites excluding steroid dienone is 2. The first kappa shape index (κ1) is 15.9. The number of thiocarbonyl (C=S) groups is 1. The van der Waals surface area contributed by atoms with Crippen molar-refractivity contribution in [2.75, 3.05) is 13.6 Å². The van der Waals surface area contributed by atoms with Gasteiger partial charge in [0.1, 0.15) is 12.7 Å². The first-order valence-corrected chi connectivity index (χ1v) is 5.55. The van der Waals surface area contributed by atoms with Crippen LogP contribution < -0.4 is 28.6 Å². The van der Waals surface area contributed by atoms with Crippen LogP contribution in [0.5, 0.6) is 0 Å². The van der Waals surface area contributed by atoms with Gasteiger partial charge in [0.05, 0.1) is 6.42 Å². The van der Waals surface area contributed by atoms with Crippen LogP contribution in [0, 0.1) is 0 Å². The number of ketones is 1. The van der Waals surface area contributed by atoms with E-state index in [0.29, 0.717) is 11.5 Å². The van der Waals surface area contributed by atoms with Crippen molar-refractivity contribution in [2.45, 2.75) is 20.3 Å². The van der Waals surface area contributed by atoms with Crippen LogP contribution in [0.4, 0.5) is 0 Å². The smallest absolute Gasteiger partial charge is 0.224 e. The quantitative estimate of drug-likeness (QED) is 0.290. The predicted molar refractivity (Wildman–Crippen MR) is 67.1 cm³/mol. The number of carbonyl (C=O) groups excluding carboxylic acids is 1. The molecule has 0 saturated carbocycles. The number of Topliss-reactive ketones (excluding diaryl/α,β-unsaturated/α-hetero) is 1. The molecule has 1 rings (SSSR count). The van der Waals surface area contributed by atoms with Gasteiger partial charge in [-0.3, -0.25) is 15.6 Å². The van der Waals surface area contributed by atoms with Gasteiger partial charge >= 0.3 is 0 Å². The van der Waals surface area contributed by atoms with Gasteiger partial charge in [-0.2, -0.15) is 0 Å². The maximum Gasteiger partial charge on any atom is 0.224 e. The second-order valence-corrected chi connectivity index (χ2v) is 3.96. The molecule has 0 unspecified atom stereocenters. The lowest BCUT2D eigenvalue weighted by Gasteiger charge is -2.15. The molecule has 7 heteroatoms. The van der Waals surface area contributed by atoms with Crippen LogP contribution in [0.1, 0.15) is 20.3 Å². The first-order valence-electron chi connectivity index (χ1n) is 5.14. The number of halogens is 1. The molecule has 0 aromatic rings. The molecular weight excluding hydrogens is 260 g/mol. The molecule has 3 N–H and O–H groups in total. The van der Waals surface area contributed by atoms with Crippen molar-refractivity contribution in [3.8, 4) is 0 Å². The van der Waals surface area contributed by atoms with E-state index in [1.807, 2.05) is 20.9 Å². The Balaban J connectivity index is 0.00000256. The van der Waals surface area contributed by atoms with Crippen LogP contribution in [0.25, 0.3) is 0 Å². The molecule has 0 atom stereocenters. The van der Waals surface area contributed by atoms with Gasteiger partial charge in [0, 0.05) is 13.5 Å². The highest BCUT2D eigenvalue weighted by molar-refractivity contribution is 7.80. The Labute approximate surface area is 113 Å². The summed E-state index contributed by atoms with van der Waals surface area (Å²) in [6, 6.07) is 0. The van der Waals surface area contributed by atoms with Gasteiger partial charge in [-0.05, 0) is 19.1 Å². The lowest BCUT2D eigenvalue weighted by Crippen LogP contribution is -3.00. The molecular formula is C10H17ClN4OS. The minimum Gasteiger partial charge on any atom is -1.00 e. The molecule has 0 aliphatic carbocycles. The third-order valence-electron chi connectivity index (χ3n) is 2.32. The predicted octanol–water partition coefficient (Wildman–Crippen LogP) is -3.10. The van der Waals surface area contributed by atoms with Crippen LogP contribution in [0.2, 0.25) is 0 Å². The Morgan fingerprint density at radius 3 is 2.82 bits per heavy atom. The van der Waals surface area contributed by atoms with Crippen molar-refractivity contribution in [1.29, 1.82) is 0 Å². The Hall–Kier alpha value is -1.14. The Morgan fingerprint density at radius 1 is 1.59 bits per heavy atom. The largest absolute Gasteiger partial charge is 1.00 e. The summed E-state index contributed by atoms with van der Waals surface area (Å²) in [5.74, 6) is 0.0757. The van der Waals surface area contributed by atoms with E-state index < -0.39 is 0 Å². The Kier molecular flexibility index (Phi) is 6.75. The number of rotatable bonds is 3. The minimum absolute atomic E-state index is 0. The van der Waals surface area contributed by atoms with Crippen LogP contribution in [-0.2, 0) is 4.79 Å². The second-order valence-electron chi connectivity index (χ2n) is 3.56. The van der Waals surface area contributed by atoms with Crippen molar-refractivity contribution >= 4 is 29.3 Å². The van der Waals surface area contributed by atoms with Crippen molar-refractivity contribution in [3.63, 3.8) is 0 Å². The van der Waals surface area contributed by atoms with Crippen molar-refractivity contribution in [1.82, 2.24) is 16.2 Å². The summed E-state index contributed by atoms with van der Waals surface area (Å²) in [5, 5.41) is 3.47. The molecule has 1 aliphatic heterocycles. The second kappa shape index (κ2) is 7.24. The summed E-state index contributed by atoms with van der Waals surface area (Å²) in [5.41, 5.74) is 7.65. The van der Waals surface area contributed by atoms with E-state index in [1.165, 1.54) is 0 Å². The molecule has 96 valence electrons. The van der Waals surface area contributed by atoms with Crippen molar-refractivity contribution in [2.24, 2.45) is 0 Å². The highest BCUT2D eigenvalue weighted by Crippen LogP contribution is 2.09. The van der Waals surface area contributed by atoms with Gasteiger partial charge in [-0.25, -0.2) is 4.58 Å². The lowest BCUT2D eigenvalue weighted by molar-refractivity contribution is -0.440. The summed E-state index contributed by atoms with van der Waals surface area (Å²) in [6.45, 7) is 4.67. The number of hydrazine groups is 1. The molecule has 5 nitrogen and oxygen atoms in total. The van der Waals surface area contributed by atoms with E-state index in [9.17, 15) is 4.79 Å². The van der Waals surface area contributed by atoms with E-state index in [2.05, 4.69) is 16.2 Å². The topological polar surface area (TPSA) is 56.2 Å². The highest BCUT2D eigenvalue weighted by Gasteiger charge is 2.21. The molecule has 0 amide bonds. The average Bonchev–Trinajstić information content (AvgIpc) is 2.21. The van der Waals surface area contributed by atoms with Gasteiger partial charge in [0.2, 0.25) is 12.0 Å². The Morgan fingerprint density at radius 2 is 2.24 bits per heavy atom. The zero-order valence-electron chi connectivity index (χ0n) is 10.1. The molecule has 0 spiro atoms. The first-order chi connectivity index (χ1) is 7.54. The molecule has 1 heterocycles. The third kappa shape index (κ3) is 4.70. The van der Waals surface area contributed by atoms with E-state index in [4.69, 9.17) is 12.2 Å². The van der Waals surface area contributed by atoms with E-state index in [0.717, 1.165) is 17.9 Å². The fraction of sp³-hybridized carbons (Fsp3) is 0.500. The van der Waals surface area contributed by atoms with Gasteiger partial charge in [0.15, 0.2) is 10.8 Å². The van der Waals surface area contributed by atoms with Gasteiger partial charge in [0.25, 0.3) is 0 Å². The number of hydrogen-bond acceptors (Lipinski definition) is 3. The van der Waals surface area contributed by atoms with Gasteiger partial charge in [-0.15, -0.1) is 0 Å². The molecule has 0 radical (unpaired) electrons. The maximum absolute atomic E-state index is 11.4. The maximum atomic E-state index is 11.4. The molecule has 0 aromatic carbocycles. The lowest BCUT2D eigenvalue weighted by atomic mass is 10.1. The van der Waals surface area contributed by atoms with Crippen LogP contribution in [0.3, 0.4) is 0 Å². The fourth-order valence-electron chi connectivity index (χ4n) is 1.35. The van der Waals surface area contributed by atoms with E-state index in [1.54, 1.807) is 10.8 Å². The minimum atomic E-state index is 0. The average molecular weight is 277 g/mol. The molecule has 0 saturated heterocycles. The normalized spacial score (nSPS) is 14.8. The number of nitrogens with zero attached hydrogens (tertiary/aromatic N) is 1. The third-order valence-corrected chi connectivity index (χ3v) is 2.57. The molecule has 0 bridgehead atoms.